The number of aliphatic carboxylic acids is 1. The van der Waals surface area contributed by atoms with Gasteiger partial charge in [0.05, 0.1) is 4.60 Å². The number of H-pyrrole nitrogens is 1. The molecule has 1 aliphatic rings. The van der Waals surface area contributed by atoms with E-state index < -0.39 is 17.9 Å². The number of carboxylic acids is 1. The monoisotopic (exact) mass is 442 g/mol. The van der Waals surface area contributed by atoms with Gasteiger partial charge in [-0.15, -0.1) is 0 Å². The van der Waals surface area contributed by atoms with Crippen LogP contribution < -0.4 is 0 Å². The first-order valence-electron chi connectivity index (χ1n) is 9.00. The van der Waals surface area contributed by atoms with Crippen LogP contribution in [0.3, 0.4) is 0 Å². The van der Waals surface area contributed by atoms with Crippen LogP contribution in [0.5, 0.6) is 5.75 Å². The van der Waals surface area contributed by atoms with Crippen LogP contribution in [0.25, 0.3) is 10.9 Å². The average molecular weight is 443 g/mol. The van der Waals surface area contributed by atoms with E-state index in [2.05, 4.69) is 20.9 Å². The number of hydrogen-bond acceptors (Lipinski definition) is 3. The van der Waals surface area contributed by atoms with Gasteiger partial charge < -0.3 is 20.1 Å². The fraction of sp³-hybridized carbons (Fsp3) is 0.238. The molecular formula is C21H19BrN2O4. The van der Waals surface area contributed by atoms with Crippen molar-refractivity contribution in [2.24, 2.45) is 5.92 Å². The summed E-state index contributed by atoms with van der Waals surface area (Å²) < 4.78 is 0.824. The SMILES string of the molecule is O=C(O)[C@@H]1C[C@@H](Cc2c(Br)[nH]c3ccccc23)C(=O)N1Cc1ccc(O)cc1. The number of fused-ring (bicyclic) bond motifs is 1. The number of aromatic nitrogens is 1. The Hall–Kier alpha value is -2.80. The summed E-state index contributed by atoms with van der Waals surface area (Å²) >= 11 is 3.54. The topological polar surface area (TPSA) is 93.6 Å². The lowest BCUT2D eigenvalue weighted by atomic mass is 9.96. The Balaban J connectivity index is 1.60. The maximum Gasteiger partial charge on any atom is 0.326 e. The largest absolute Gasteiger partial charge is 0.508 e. The van der Waals surface area contributed by atoms with E-state index in [0.29, 0.717) is 6.42 Å². The molecule has 0 aliphatic carbocycles. The minimum atomic E-state index is -0.993. The molecule has 1 amide bonds. The maximum absolute atomic E-state index is 13.1. The van der Waals surface area contributed by atoms with Crippen LogP contribution in [-0.4, -0.2) is 38.0 Å². The Morgan fingerprint density at radius 2 is 1.89 bits per heavy atom. The highest BCUT2D eigenvalue weighted by Gasteiger charge is 2.43. The minimum Gasteiger partial charge on any atom is -0.508 e. The van der Waals surface area contributed by atoms with E-state index in [-0.39, 0.29) is 24.6 Å². The first kappa shape index (κ1) is 18.6. The van der Waals surface area contributed by atoms with E-state index in [1.54, 1.807) is 12.1 Å². The standard InChI is InChI=1S/C21H19BrN2O4/c22-19-16(15-3-1-2-4-17(15)23-19)9-13-10-18(21(27)28)24(20(13)26)11-12-5-7-14(25)8-6-12/h1-8,13,18,23,25H,9-11H2,(H,27,28)/t13-,18+/m1/s1. The number of nitrogens with one attached hydrogen (secondary N) is 1. The second-order valence-corrected chi connectivity index (χ2v) is 7.88. The molecule has 3 aromatic rings. The zero-order valence-electron chi connectivity index (χ0n) is 14.9. The quantitative estimate of drug-likeness (QED) is 0.561. The van der Waals surface area contributed by atoms with E-state index in [1.165, 1.54) is 17.0 Å². The number of halogens is 1. The third kappa shape index (κ3) is 3.38. The maximum atomic E-state index is 13.1. The number of benzene rings is 2. The van der Waals surface area contributed by atoms with Gasteiger partial charge in [0.1, 0.15) is 11.8 Å². The number of rotatable bonds is 5. The molecule has 0 unspecified atom stereocenters. The third-order valence-electron chi connectivity index (χ3n) is 5.30. The summed E-state index contributed by atoms with van der Waals surface area (Å²) in [6, 6.07) is 13.5. The molecule has 0 spiro atoms. The lowest BCUT2D eigenvalue weighted by Gasteiger charge is -2.21. The van der Waals surface area contributed by atoms with Gasteiger partial charge in [-0.05, 0) is 58.1 Å². The molecular weight excluding hydrogens is 424 g/mol. The Morgan fingerprint density at radius 1 is 1.18 bits per heavy atom. The van der Waals surface area contributed by atoms with Crippen molar-refractivity contribution in [3.05, 3.63) is 64.3 Å². The number of carboxylic acid groups (broad SMARTS) is 1. The summed E-state index contributed by atoms with van der Waals surface area (Å²) in [7, 11) is 0. The Kier molecular flexibility index (Phi) is 4.85. The van der Waals surface area contributed by atoms with Crippen molar-refractivity contribution < 1.29 is 19.8 Å². The van der Waals surface area contributed by atoms with Crippen molar-refractivity contribution in [2.45, 2.75) is 25.4 Å². The summed E-state index contributed by atoms with van der Waals surface area (Å²) in [6.45, 7) is 0.210. The number of carbonyl (C=O) groups is 2. The zero-order chi connectivity index (χ0) is 19.8. The first-order chi connectivity index (χ1) is 13.4. The number of phenols is 1. The van der Waals surface area contributed by atoms with E-state index in [4.69, 9.17) is 0 Å². The van der Waals surface area contributed by atoms with Crippen molar-refractivity contribution in [2.75, 3.05) is 0 Å². The summed E-state index contributed by atoms with van der Waals surface area (Å²) in [5, 5.41) is 20.1. The number of nitrogens with zero attached hydrogens (tertiary/aromatic N) is 1. The smallest absolute Gasteiger partial charge is 0.326 e. The average Bonchev–Trinajstić information content (AvgIpc) is 3.15. The summed E-state index contributed by atoms with van der Waals surface area (Å²) in [5.41, 5.74) is 2.75. The molecule has 1 aromatic heterocycles. The number of amides is 1. The van der Waals surface area contributed by atoms with Crippen LogP contribution >= 0.6 is 15.9 Å². The van der Waals surface area contributed by atoms with Crippen LogP contribution in [0.4, 0.5) is 0 Å². The zero-order valence-corrected chi connectivity index (χ0v) is 16.5. The van der Waals surface area contributed by atoms with Crippen molar-refractivity contribution in [3.63, 3.8) is 0 Å². The number of likely N-dealkylation sites (tertiary alicyclic amines) is 1. The Bertz CT molecular complexity index is 1040. The molecule has 6 nitrogen and oxygen atoms in total. The first-order valence-corrected chi connectivity index (χ1v) is 9.79. The molecule has 0 radical (unpaired) electrons. The van der Waals surface area contributed by atoms with Gasteiger partial charge >= 0.3 is 5.97 Å². The van der Waals surface area contributed by atoms with Gasteiger partial charge in [0.25, 0.3) is 0 Å². The van der Waals surface area contributed by atoms with Gasteiger partial charge in [-0.25, -0.2) is 4.79 Å². The van der Waals surface area contributed by atoms with Crippen molar-refractivity contribution in [1.82, 2.24) is 9.88 Å². The molecule has 1 fully saturated rings. The highest BCUT2D eigenvalue weighted by atomic mass is 79.9. The molecule has 4 rings (SSSR count). The third-order valence-corrected chi connectivity index (χ3v) is 5.98. The molecule has 1 saturated heterocycles. The number of aromatic hydroxyl groups is 1. The molecule has 1 aliphatic heterocycles. The normalized spacial score (nSPS) is 19.5. The van der Waals surface area contributed by atoms with E-state index in [9.17, 15) is 19.8 Å². The molecule has 144 valence electrons. The molecule has 0 saturated carbocycles. The van der Waals surface area contributed by atoms with Gasteiger partial charge in [0, 0.05) is 23.4 Å². The number of hydrogen-bond donors (Lipinski definition) is 3. The lowest BCUT2D eigenvalue weighted by Crippen LogP contribution is -2.38. The molecule has 2 heterocycles. The van der Waals surface area contributed by atoms with Crippen LogP contribution in [0, 0.1) is 5.92 Å². The minimum absolute atomic E-state index is 0.133. The summed E-state index contributed by atoms with van der Waals surface area (Å²) in [4.78, 5) is 29.5. The second kappa shape index (κ2) is 7.31. The van der Waals surface area contributed by atoms with E-state index in [1.807, 2.05) is 24.3 Å². The predicted octanol–water partition coefficient (Wildman–Crippen LogP) is 3.68. The molecule has 2 aromatic carbocycles. The highest BCUT2D eigenvalue weighted by Crippen LogP contribution is 2.34. The van der Waals surface area contributed by atoms with Crippen LogP contribution in [0.2, 0.25) is 0 Å². The van der Waals surface area contributed by atoms with E-state index >= 15 is 0 Å². The predicted molar refractivity (Wildman–Crippen MR) is 108 cm³/mol. The van der Waals surface area contributed by atoms with Gasteiger partial charge in [-0.2, -0.15) is 0 Å². The molecule has 7 heteroatoms. The van der Waals surface area contributed by atoms with Gasteiger partial charge in [-0.3, -0.25) is 4.79 Å². The number of aromatic amines is 1. The lowest BCUT2D eigenvalue weighted by molar-refractivity contribution is -0.146. The van der Waals surface area contributed by atoms with Crippen LogP contribution in [-0.2, 0) is 22.6 Å². The second-order valence-electron chi connectivity index (χ2n) is 7.09. The number of para-hydroxylation sites is 1. The summed E-state index contributed by atoms with van der Waals surface area (Å²) in [5.74, 6) is -1.41. The van der Waals surface area contributed by atoms with Crippen molar-refractivity contribution >= 4 is 38.7 Å². The van der Waals surface area contributed by atoms with Gasteiger partial charge in [0.15, 0.2) is 0 Å². The Labute approximate surface area is 169 Å². The van der Waals surface area contributed by atoms with Crippen molar-refractivity contribution in [1.29, 1.82) is 0 Å². The fourth-order valence-electron chi connectivity index (χ4n) is 3.89. The van der Waals surface area contributed by atoms with Crippen LogP contribution in [0.15, 0.2) is 53.1 Å². The molecule has 28 heavy (non-hydrogen) atoms. The summed E-state index contributed by atoms with van der Waals surface area (Å²) in [6.07, 6.45) is 0.748. The van der Waals surface area contributed by atoms with E-state index in [0.717, 1.165) is 26.6 Å². The number of phenolic OH excluding ortho intramolecular Hbond substituents is 1. The van der Waals surface area contributed by atoms with Crippen LogP contribution in [0.1, 0.15) is 17.5 Å². The van der Waals surface area contributed by atoms with Gasteiger partial charge in [0.2, 0.25) is 5.91 Å². The molecule has 3 N–H and O–H groups in total. The molecule has 0 bridgehead atoms. The Morgan fingerprint density at radius 3 is 2.61 bits per heavy atom. The number of carbonyl (C=O) groups excluding carboxylic acids is 1. The van der Waals surface area contributed by atoms with Gasteiger partial charge in [-0.1, -0.05) is 30.3 Å². The molecule has 2 atom stereocenters. The fourth-order valence-corrected chi connectivity index (χ4v) is 4.48. The van der Waals surface area contributed by atoms with Crippen molar-refractivity contribution in [3.8, 4) is 5.75 Å². The highest BCUT2D eigenvalue weighted by molar-refractivity contribution is 9.10.